The van der Waals surface area contributed by atoms with Crippen molar-refractivity contribution >= 4 is 0 Å². The smallest absolute Gasteiger partial charge is 0.148 e. The van der Waals surface area contributed by atoms with Gasteiger partial charge in [-0.3, -0.25) is 0 Å². The van der Waals surface area contributed by atoms with E-state index in [1.807, 2.05) is 0 Å². The van der Waals surface area contributed by atoms with E-state index in [-0.39, 0.29) is 6.79 Å². The Morgan fingerprint density at radius 1 is 1.50 bits per heavy atom. The maximum absolute atomic E-state index is 5.42. The van der Waals surface area contributed by atoms with Crippen LogP contribution < -0.4 is 5.73 Å². The zero-order valence-electron chi connectivity index (χ0n) is 5.60. The van der Waals surface area contributed by atoms with E-state index >= 15 is 0 Å². The van der Waals surface area contributed by atoms with Crippen molar-refractivity contribution in [1.82, 2.24) is 0 Å². The van der Waals surface area contributed by atoms with Crippen molar-refractivity contribution in [3.63, 3.8) is 0 Å². The third-order valence-corrected chi connectivity index (χ3v) is 0.549. The lowest BCUT2D eigenvalue weighted by Crippen LogP contribution is -2.35. The lowest BCUT2D eigenvalue weighted by Gasteiger charge is -2.17. The largest absolute Gasteiger partial charge is 0.359 e. The van der Waals surface area contributed by atoms with Crippen molar-refractivity contribution in [2.75, 3.05) is 13.9 Å². The topological polar surface area (TPSA) is 44.5 Å². The summed E-state index contributed by atoms with van der Waals surface area (Å²) in [4.78, 5) is 0. The van der Waals surface area contributed by atoms with Crippen LogP contribution in [-0.4, -0.2) is 19.6 Å². The predicted octanol–water partition coefficient (Wildman–Crippen LogP) is 0.302. The zero-order valence-corrected chi connectivity index (χ0v) is 5.60. The summed E-state index contributed by atoms with van der Waals surface area (Å²) in [6.07, 6.45) is 0. The summed E-state index contributed by atoms with van der Waals surface area (Å²) in [5, 5.41) is 0. The molecular formula is C5H13NO2. The SMILES string of the molecule is COCOC(C)(C)N. The van der Waals surface area contributed by atoms with E-state index in [4.69, 9.17) is 10.5 Å². The monoisotopic (exact) mass is 119 g/mol. The van der Waals surface area contributed by atoms with Gasteiger partial charge in [0.1, 0.15) is 12.5 Å². The van der Waals surface area contributed by atoms with Crippen LogP contribution >= 0.6 is 0 Å². The molecule has 3 heteroatoms. The van der Waals surface area contributed by atoms with Gasteiger partial charge in [0.2, 0.25) is 0 Å². The number of hydrogen-bond donors (Lipinski definition) is 1. The molecule has 0 spiro atoms. The van der Waals surface area contributed by atoms with Crippen molar-refractivity contribution in [3.8, 4) is 0 Å². The maximum atomic E-state index is 5.42. The van der Waals surface area contributed by atoms with Crippen LogP contribution in [0.25, 0.3) is 0 Å². The first kappa shape index (κ1) is 7.88. The van der Waals surface area contributed by atoms with Gasteiger partial charge in [0, 0.05) is 7.11 Å². The molecule has 0 aromatic rings. The van der Waals surface area contributed by atoms with E-state index in [2.05, 4.69) is 4.74 Å². The van der Waals surface area contributed by atoms with Crippen molar-refractivity contribution in [2.45, 2.75) is 19.6 Å². The molecule has 0 rings (SSSR count). The van der Waals surface area contributed by atoms with Gasteiger partial charge in [-0.15, -0.1) is 0 Å². The maximum Gasteiger partial charge on any atom is 0.148 e. The van der Waals surface area contributed by atoms with Gasteiger partial charge >= 0.3 is 0 Å². The normalized spacial score (nSPS) is 12.0. The van der Waals surface area contributed by atoms with E-state index in [9.17, 15) is 0 Å². The molecule has 0 unspecified atom stereocenters. The summed E-state index contributed by atoms with van der Waals surface area (Å²) in [6, 6.07) is 0. The number of nitrogens with two attached hydrogens (primary N) is 1. The van der Waals surface area contributed by atoms with E-state index in [1.165, 1.54) is 0 Å². The molecule has 0 radical (unpaired) electrons. The van der Waals surface area contributed by atoms with E-state index in [0.29, 0.717) is 0 Å². The molecule has 0 aliphatic heterocycles. The van der Waals surface area contributed by atoms with Crippen LogP contribution in [0.5, 0.6) is 0 Å². The Bertz CT molecular complexity index is 57.9. The van der Waals surface area contributed by atoms with E-state index in [0.717, 1.165) is 0 Å². The standard InChI is InChI=1S/C5H13NO2/c1-5(2,6)8-4-7-3/h4,6H2,1-3H3. The Balaban J connectivity index is 3.11. The second-order valence-corrected chi connectivity index (χ2v) is 2.15. The molecule has 0 aromatic heterocycles. The van der Waals surface area contributed by atoms with Gasteiger partial charge in [-0.25, -0.2) is 0 Å². The highest BCUT2D eigenvalue weighted by Crippen LogP contribution is 1.96. The Kier molecular flexibility index (Phi) is 2.97. The van der Waals surface area contributed by atoms with Crippen LogP contribution in [-0.2, 0) is 9.47 Å². The molecule has 50 valence electrons. The molecule has 0 fully saturated rings. The molecule has 0 amide bonds. The molecule has 0 aromatic carbocycles. The zero-order chi connectivity index (χ0) is 6.62. The average Bonchev–Trinajstić information content (AvgIpc) is 1.59. The first-order valence-electron chi connectivity index (χ1n) is 2.48. The van der Waals surface area contributed by atoms with Crippen molar-refractivity contribution in [1.29, 1.82) is 0 Å². The van der Waals surface area contributed by atoms with Gasteiger partial charge < -0.3 is 15.2 Å². The van der Waals surface area contributed by atoms with Crippen LogP contribution in [0.3, 0.4) is 0 Å². The second-order valence-electron chi connectivity index (χ2n) is 2.15. The lowest BCUT2D eigenvalue weighted by molar-refractivity contribution is -0.111. The molecule has 0 saturated heterocycles. The highest BCUT2D eigenvalue weighted by atomic mass is 16.7. The number of rotatable bonds is 3. The minimum absolute atomic E-state index is 0.253. The Morgan fingerprint density at radius 2 is 2.00 bits per heavy atom. The molecule has 0 heterocycles. The van der Waals surface area contributed by atoms with Crippen LogP contribution in [0, 0.1) is 0 Å². The second kappa shape index (κ2) is 3.02. The summed E-state index contributed by atoms with van der Waals surface area (Å²) in [6.45, 7) is 3.79. The van der Waals surface area contributed by atoms with Crippen LogP contribution in [0.2, 0.25) is 0 Å². The highest BCUT2D eigenvalue weighted by molar-refractivity contribution is 4.53. The number of ether oxygens (including phenoxy) is 2. The molecule has 3 nitrogen and oxygen atoms in total. The van der Waals surface area contributed by atoms with Gasteiger partial charge in [-0.05, 0) is 13.8 Å². The first-order chi connectivity index (χ1) is 3.56. The molecule has 0 aliphatic rings. The molecule has 0 bridgehead atoms. The number of methoxy groups -OCH3 is 1. The average molecular weight is 119 g/mol. The molecule has 8 heavy (non-hydrogen) atoms. The van der Waals surface area contributed by atoms with Crippen molar-refractivity contribution in [2.24, 2.45) is 5.73 Å². The van der Waals surface area contributed by atoms with Crippen LogP contribution in [0.4, 0.5) is 0 Å². The molecule has 0 aliphatic carbocycles. The fourth-order valence-electron chi connectivity index (χ4n) is 0.211. The van der Waals surface area contributed by atoms with Gasteiger partial charge in [0.25, 0.3) is 0 Å². The molecular weight excluding hydrogens is 106 g/mol. The van der Waals surface area contributed by atoms with Crippen LogP contribution in [0.15, 0.2) is 0 Å². The minimum Gasteiger partial charge on any atom is -0.359 e. The van der Waals surface area contributed by atoms with E-state index < -0.39 is 5.72 Å². The molecule has 0 atom stereocenters. The summed E-state index contributed by atoms with van der Waals surface area (Å²) in [5.41, 5.74) is 4.85. The quantitative estimate of drug-likeness (QED) is 0.543. The Labute approximate surface area is 49.8 Å². The fourth-order valence-corrected chi connectivity index (χ4v) is 0.211. The number of hydrogen-bond acceptors (Lipinski definition) is 3. The fraction of sp³-hybridized carbons (Fsp3) is 1.00. The van der Waals surface area contributed by atoms with Gasteiger partial charge in [0.15, 0.2) is 0 Å². The lowest BCUT2D eigenvalue weighted by atomic mass is 10.3. The Hall–Kier alpha value is -0.120. The highest BCUT2D eigenvalue weighted by Gasteiger charge is 2.08. The summed E-state index contributed by atoms with van der Waals surface area (Å²) in [5.74, 6) is 0. The minimum atomic E-state index is -0.573. The predicted molar refractivity (Wildman–Crippen MR) is 31.2 cm³/mol. The van der Waals surface area contributed by atoms with Crippen LogP contribution in [0.1, 0.15) is 13.8 Å². The summed E-state index contributed by atoms with van der Waals surface area (Å²) < 4.78 is 9.55. The molecule has 2 N–H and O–H groups in total. The molecule has 0 saturated carbocycles. The van der Waals surface area contributed by atoms with E-state index in [1.54, 1.807) is 21.0 Å². The first-order valence-corrected chi connectivity index (χ1v) is 2.48. The summed E-state index contributed by atoms with van der Waals surface area (Å²) in [7, 11) is 1.56. The van der Waals surface area contributed by atoms with Gasteiger partial charge in [0.05, 0.1) is 0 Å². The third-order valence-electron chi connectivity index (χ3n) is 0.549. The Morgan fingerprint density at radius 3 is 2.12 bits per heavy atom. The third kappa shape index (κ3) is 5.88. The van der Waals surface area contributed by atoms with Gasteiger partial charge in [-0.1, -0.05) is 0 Å². The summed E-state index contributed by atoms with van der Waals surface area (Å²) >= 11 is 0. The van der Waals surface area contributed by atoms with Crippen molar-refractivity contribution in [3.05, 3.63) is 0 Å². The van der Waals surface area contributed by atoms with Gasteiger partial charge in [-0.2, -0.15) is 0 Å². The van der Waals surface area contributed by atoms with Crippen molar-refractivity contribution < 1.29 is 9.47 Å².